The van der Waals surface area contributed by atoms with Crippen molar-refractivity contribution in [2.24, 2.45) is 5.41 Å². The second-order valence-electron chi connectivity index (χ2n) is 5.33. The molecular weight excluding hydrogens is 236 g/mol. The zero-order valence-corrected chi connectivity index (χ0v) is 11.4. The molecule has 0 bridgehead atoms. The predicted molar refractivity (Wildman–Crippen MR) is 72.2 cm³/mol. The first-order valence-electron chi connectivity index (χ1n) is 5.57. The number of carbonyl (C=O) groups is 1. The maximum Gasteiger partial charge on any atom is 0.251 e. The summed E-state index contributed by atoms with van der Waals surface area (Å²) < 4.78 is 0. The van der Waals surface area contributed by atoms with Crippen molar-refractivity contribution in [1.82, 2.24) is 5.32 Å². The molecule has 0 aliphatic heterocycles. The van der Waals surface area contributed by atoms with Gasteiger partial charge >= 0.3 is 0 Å². The summed E-state index contributed by atoms with van der Waals surface area (Å²) in [7, 11) is 0. The Hall–Kier alpha value is -1.22. The van der Waals surface area contributed by atoms with Crippen molar-refractivity contribution in [3.8, 4) is 0 Å². The largest absolute Gasteiger partial charge is 0.399 e. The molecule has 94 valence electrons. The van der Waals surface area contributed by atoms with Crippen LogP contribution in [0.1, 0.15) is 38.1 Å². The van der Waals surface area contributed by atoms with E-state index >= 15 is 0 Å². The summed E-state index contributed by atoms with van der Waals surface area (Å²) in [5.41, 5.74) is 6.65. The molecule has 1 unspecified atom stereocenters. The second-order valence-corrected chi connectivity index (χ2v) is 5.77. The molecule has 1 aromatic rings. The number of nitrogen functional groups attached to an aromatic ring is 1. The molecule has 0 aliphatic carbocycles. The molecule has 1 aromatic carbocycles. The van der Waals surface area contributed by atoms with E-state index in [4.69, 9.17) is 17.3 Å². The molecule has 0 spiro atoms. The van der Waals surface area contributed by atoms with Crippen molar-refractivity contribution >= 4 is 23.2 Å². The second kappa shape index (κ2) is 4.96. The van der Waals surface area contributed by atoms with Crippen LogP contribution in [-0.2, 0) is 0 Å². The van der Waals surface area contributed by atoms with Crippen molar-refractivity contribution in [3.63, 3.8) is 0 Å². The van der Waals surface area contributed by atoms with Gasteiger partial charge in [0.15, 0.2) is 0 Å². The minimum atomic E-state index is -0.151. The average molecular weight is 255 g/mol. The van der Waals surface area contributed by atoms with Crippen LogP contribution in [0.4, 0.5) is 5.69 Å². The average Bonchev–Trinajstić information content (AvgIpc) is 2.14. The third-order valence-electron chi connectivity index (χ3n) is 2.83. The third-order valence-corrected chi connectivity index (χ3v) is 3.05. The van der Waals surface area contributed by atoms with E-state index in [1.165, 1.54) is 0 Å². The highest BCUT2D eigenvalue weighted by Crippen LogP contribution is 2.20. The number of nitrogens with one attached hydrogen (secondary N) is 1. The zero-order chi connectivity index (χ0) is 13.2. The molecule has 3 N–H and O–H groups in total. The molecule has 4 heteroatoms. The fraction of sp³-hybridized carbons (Fsp3) is 0.462. The molecule has 0 fully saturated rings. The van der Waals surface area contributed by atoms with Crippen LogP contribution in [0.25, 0.3) is 0 Å². The van der Waals surface area contributed by atoms with E-state index in [0.29, 0.717) is 16.3 Å². The number of hydrogen-bond donors (Lipinski definition) is 2. The van der Waals surface area contributed by atoms with Crippen LogP contribution in [0.2, 0.25) is 5.02 Å². The first-order valence-corrected chi connectivity index (χ1v) is 5.95. The van der Waals surface area contributed by atoms with Crippen LogP contribution in [0, 0.1) is 5.41 Å². The molecule has 1 amide bonds. The van der Waals surface area contributed by atoms with E-state index in [9.17, 15) is 4.79 Å². The van der Waals surface area contributed by atoms with E-state index < -0.39 is 0 Å². The highest BCUT2D eigenvalue weighted by atomic mass is 35.5. The lowest BCUT2D eigenvalue weighted by Gasteiger charge is -2.28. The lowest BCUT2D eigenvalue weighted by molar-refractivity contribution is 0.0910. The van der Waals surface area contributed by atoms with Gasteiger partial charge in [0.25, 0.3) is 5.91 Å². The number of hydrogen-bond acceptors (Lipinski definition) is 2. The molecule has 0 radical (unpaired) electrons. The van der Waals surface area contributed by atoms with Gasteiger partial charge < -0.3 is 11.1 Å². The van der Waals surface area contributed by atoms with Crippen LogP contribution >= 0.6 is 11.6 Å². The minimum absolute atomic E-state index is 0.0137. The lowest BCUT2D eigenvalue weighted by atomic mass is 9.88. The molecule has 0 aromatic heterocycles. The zero-order valence-electron chi connectivity index (χ0n) is 10.7. The fourth-order valence-corrected chi connectivity index (χ4v) is 1.48. The van der Waals surface area contributed by atoms with Crippen LogP contribution in [-0.4, -0.2) is 11.9 Å². The van der Waals surface area contributed by atoms with Gasteiger partial charge in [-0.25, -0.2) is 0 Å². The third kappa shape index (κ3) is 3.93. The van der Waals surface area contributed by atoms with Crippen LogP contribution in [0.15, 0.2) is 18.2 Å². The Morgan fingerprint density at radius 1 is 1.35 bits per heavy atom. The van der Waals surface area contributed by atoms with E-state index in [2.05, 4.69) is 26.1 Å². The van der Waals surface area contributed by atoms with Gasteiger partial charge in [0.1, 0.15) is 0 Å². The summed E-state index contributed by atoms with van der Waals surface area (Å²) in [5, 5.41) is 3.41. The summed E-state index contributed by atoms with van der Waals surface area (Å²) in [6, 6.07) is 4.92. The molecule has 0 aliphatic rings. The Kier molecular flexibility index (Phi) is 4.04. The van der Waals surface area contributed by atoms with E-state index in [1.807, 2.05) is 6.92 Å². The van der Waals surface area contributed by atoms with Gasteiger partial charge in [-0.05, 0) is 30.5 Å². The Bertz CT molecular complexity index is 404. The van der Waals surface area contributed by atoms with Gasteiger partial charge in [-0.2, -0.15) is 0 Å². The van der Waals surface area contributed by atoms with Crippen molar-refractivity contribution < 1.29 is 4.79 Å². The summed E-state index contributed by atoms with van der Waals surface area (Å²) in [5.74, 6) is -0.151. The topological polar surface area (TPSA) is 55.1 Å². The number of anilines is 1. The maximum atomic E-state index is 12.0. The Morgan fingerprint density at radius 2 is 1.94 bits per heavy atom. The first-order chi connectivity index (χ1) is 7.70. The van der Waals surface area contributed by atoms with Crippen LogP contribution < -0.4 is 11.1 Å². The van der Waals surface area contributed by atoms with E-state index in [-0.39, 0.29) is 17.4 Å². The smallest absolute Gasteiger partial charge is 0.251 e. The summed E-state index contributed by atoms with van der Waals surface area (Å²) in [6.07, 6.45) is 0. The maximum absolute atomic E-state index is 12.0. The van der Waals surface area contributed by atoms with Gasteiger partial charge in [0.05, 0.1) is 0 Å². The highest BCUT2D eigenvalue weighted by molar-refractivity contribution is 6.31. The molecule has 0 saturated carbocycles. The van der Waals surface area contributed by atoms with Crippen molar-refractivity contribution in [2.45, 2.75) is 33.7 Å². The van der Waals surface area contributed by atoms with Gasteiger partial charge in [-0.15, -0.1) is 0 Å². The minimum Gasteiger partial charge on any atom is -0.399 e. The molecule has 3 nitrogen and oxygen atoms in total. The van der Waals surface area contributed by atoms with Gasteiger partial charge in [-0.1, -0.05) is 32.4 Å². The number of amides is 1. The van der Waals surface area contributed by atoms with Crippen LogP contribution in [0.5, 0.6) is 0 Å². The molecular formula is C13H19ClN2O. The normalized spacial score (nSPS) is 13.2. The van der Waals surface area contributed by atoms with E-state index in [0.717, 1.165) is 0 Å². The van der Waals surface area contributed by atoms with Crippen LogP contribution in [0.3, 0.4) is 0 Å². The number of nitrogens with two attached hydrogens (primary N) is 1. The quantitative estimate of drug-likeness (QED) is 0.797. The van der Waals surface area contributed by atoms with E-state index in [1.54, 1.807) is 18.2 Å². The Labute approximate surface area is 107 Å². The first kappa shape index (κ1) is 13.8. The fourth-order valence-electron chi connectivity index (χ4n) is 1.24. The summed E-state index contributed by atoms with van der Waals surface area (Å²) >= 11 is 5.86. The summed E-state index contributed by atoms with van der Waals surface area (Å²) in [4.78, 5) is 12.0. The number of benzene rings is 1. The highest BCUT2D eigenvalue weighted by Gasteiger charge is 2.22. The number of carbonyl (C=O) groups excluding carboxylic acids is 1. The van der Waals surface area contributed by atoms with Gasteiger partial charge in [-0.3, -0.25) is 4.79 Å². The predicted octanol–water partition coefficient (Wildman–Crippen LogP) is 3.09. The van der Waals surface area contributed by atoms with Crippen molar-refractivity contribution in [1.29, 1.82) is 0 Å². The molecule has 1 atom stereocenters. The number of rotatable bonds is 2. The molecule has 17 heavy (non-hydrogen) atoms. The standard InChI is InChI=1S/C13H19ClN2O/c1-8(13(2,3)4)16-12(17)9-5-10(14)7-11(15)6-9/h5-8H,15H2,1-4H3,(H,16,17). The Balaban J connectivity index is 2.84. The molecule has 1 rings (SSSR count). The van der Waals surface area contributed by atoms with Crippen molar-refractivity contribution in [3.05, 3.63) is 28.8 Å². The lowest BCUT2D eigenvalue weighted by Crippen LogP contribution is -2.41. The summed E-state index contributed by atoms with van der Waals surface area (Å²) in [6.45, 7) is 8.20. The molecule has 0 heterocycles. The van der Waals surface area contributed by atoms with Gasteiger partial charge in [0, 0.05) is 22.3 Å². The monoisotopic (exact) mass is 254 g/mol. The van der Waals surface area contributed by atoms with Gasteiger partial charge in [0.2, 0.25) is 0 Å². The number of halogens is 1. The van der Waals surface area contributed by atoms with Crippen molar-refractivity contribution in [2.75, 3.05) is 5.73 Å². The Morgan fingerprint density at radius 3 is 2.41 bits per heavy atom. The molecule has 0 saturated heterocycles. The SMILES string of the molecule is CC(NC(=O)c1cc(N)cc(Cl)c1)C(C)(C)C.